The van der Waals surface area contributed by atoms with Crippen molar-refractivity contribution in [2.24, 2.45) is 0 Å². The molecule has 0 saturated carbocycles. The van der Waals surface area contributed by atoms with Crippen LogP contribution in [0.3, 0.4) is 0 Å². The third-order valence-electron chi connectivity index (χ3n) is 12.5. The molecule has 2 aliphatic rings. The molecule has 13 rings (SSSR count). The Balaban J connectivity index is 1.24. The van der Waals surface area contributed by atoms with Gasteiger partial charge in [0.1, 0.15) is 45.2 Å². The standard InChI is InChI=1S/C50H35BO5S/c1-49(2,3)24-18-20-32-28(22-24)38-36-26-12-7-9-14-30(26)52-43(36)41-46(45(38)54-32)55-33-16-11-17-34-40(33)51(41)42-44-37(27-13-8-10-15-31(27)53-44)39-29-23-25(50(4,5)6)19-21-35(29)57-48(39)47(42)56-34/h7-23H,1-6H3. The van der Waals surface area contributed by atoms with Crippen molar-refractivity contribution in [2.75, 3.05) is 0 Å². The van der Waals surface area contributed by atoms with Crippen LogP contribution in [0, 0.1) is 0 Å². The maximum atomic E-state index is 7.15. The van der Waals surface area contributed by atoms with Gasteiger partial charge in [0.25, 0.3) is 6.71 Å². The van der Waals surface area contributed by atoms with E-state index in [-0.39, 0.29) is 17.5 Å². The maximum Gasteiger partial charge on any atom is 0.270 e. The van der Waals surface area contributed by atoms with Gasteiger partial charge in [-0.2, -0.15) is 0 Å². The molecule has 2 aliphatic heterocycles. The molecule has 0 bridgehead atoms. The number of ether oxygens (including phenoxy) is 2. The van der Waals surface area contributed by atoms with E-state index in [0.29, 0.717) is 11.3 Å². The molecule has 7 aromatic carbocycles. The van der Waals surface area contributed by atoms with Crippen molar-refractivity contribution in [2.45, 2.75) is 52.4 Å². The van der Waals surface area contributed by atoms with Crippen LogP contribution in [0.5, 0.6) is 23.0 Å². The van der Waals surface area contributed by atoms with Gasteiger partial charge >= 0.3 is 0 Å². The molecule has 57 heavy (non-hydrogen) atoms. The van der Waals surface area contributed by atoms with Crippen LogP contribution in [-0.2, 0) is 10.8 Å². The molecular weight excluding hydrogens is 723 g/mol. The monoisotopic (exact) mass is 758 g/mol. The molecule has 0 radical (unpaired) electrons. The Hall–Kier alpha value is -6.18. The quantitative estimate of drug-likeness (QED) is 0.144. The second kappa shape index (κ2) is 10.4. The summed E-state index contributed by atoms with van der Waals surface area (Å²) in [7, 11) is 0. The second-order valence-electron chi connectivity index (χ2n) is 17.9. The predicted molar refractivity (Wildman–Crippen MR) is 236 cm³/mol. The van der Waals surface area contributed by atoms with Crippen LogP contribution in [0.1, 0.15) is 52.7 Å². The molecule has 0 unspecified atom stereocenters. The zero-order valence-corrected chi connectivity index (χ0v) is 33.2. The highest BCUT2D eigenvalue weighted by atomic mass is 32.1. The Bertz CT molecular complexity index is 3380. The third kappa shape index (κ3) is 4.05. The number of fused-ring (bicyclic) bond motifs is 22. The first-order valence-electron chi connectivity index (χ1n) is 19.7. The Kier molecular flexibility index (Phi) is 5.84. The highest BCUT2D eigenvalue weighted by Crippen LogP contribution is 2.52. The van der Waals surface area contributed by atoms with E-state index in [1.54, 1.807) is 11.3 Å². The molecule has 0 spiro atoms. The van der Waals surface area contributed by atoms with Gasteiger partial charge in [0.15, 0.2) is 11.3 Å². The number of para-hydroxylation sites is 2. The summed E-state index contributed by atoms with van der Waals surface area (Å²) in [6.07, 6.45) is 0. The molecule has 4 aromatic heterocycles. The number of hydrogen-bond donors (Lipinski definition) is 0. The van der Waals surface area contributed by atoms with Crippen LogP contribution in [0.2, 0.25) is 0 Å². The molecule has 7 heteroatoms. The number of thiophene rings is 1. The van der Waals surface area contributed by atoms with Crippen LogP contribution in [0.15, 0.2) is 116 Å². The van der Waals surface area contributed by atoms with Crippen molar-refractivity contribution in [3.8, 4) is 23.0 Å². The van der Waals surface area contributed by atoms with Gasteiger partial charge < -0.3 is 22.7 Å². The van der Waals surface area contributed by atoms with Crippen LogP contribution >= 0.6 is 11.3 Å². The molecule has 0 fully saturated rings. The normalized spacial score (nSPS) is 14.0. The highest BCUT2D eigenvalue weighted by molar-refractivity contribution is 7.26. The maximum absolute atomic E-state index is 7.15. The van der Waals surface area contributed by atoms with Gasteiger partial charge in [-0.3, -0.25) is 0 Å². The van der Waals surface area contributed by atoms with Gasteiger partial charge in [-0.25, -0.2) is 0 Å². The fourth-order valence-electron chi connectivity index (χ4n) is 9.73. The minimum absolute atomic E-state index is 0.0137. The first-order valence-corrected chi connectivity index (χ1v) is 20.5. The summed E-state index contributed by atoms with van der Waals surface area (Å²) in [5, 5.41) is 8.70. The van der Waals surface area contributed by atoms with Crippen molar-refractivity contribution >= 4 is 120 Å². The van der Waals surface area contributed by atoms with E-state index < -0.39 is 0 Å². The van der Waals surface area contributed by atoms with Crippen molar-refractivity contribution in [3.63, 3.8) is 0 Å². The zero-order valence-electron chi connectivity index (χ0n) is 32.3. The molecular formula is C50H35BO5S. The number of rotatable bonds is 0. The lowest BCUT2D eigenvalue weighted by molar-refractivity contribution is 0.464. The average Bonchev–Trinajstić information content (AvgIpc) is 3.96. The van der Waals surface area contributed by atoms with E-state index in [9.17, 15) is 0 Å². The fraction of sp³-hybridized carbons (Fsp3) is 0.160. The molecule has 0 atom stereocenters. The summed E-state index contributed by atoms with van der Waals surface area (Å²) in [5.74, 6) is 2.99. The summed E-state index contributed by atoms with van der Waals surface area (Å²) in [4.78, 5) is 0. The summed E-state index contributed by atoms with van der Waals surface area (Å²) >= 11 is 1.79. The first kappa shape index (κ1) is 32.0. The molecule has 11 aromatic rings. The van der Waals surface area contributed by atoms with Crippen LogP contribution in [0.25, 0.3) is 86.0 Å². The number of hydrogen-bond acceptors (Lipinski definition) is 6. The van der Waals surface area contributed by atoms with Crippen LogP contribution < -0.4 is 25.9 Å². The van der Waals surface area contributed by atoms with Gasteiger partial charge in [0, 0.05) is 64.2 Å². The molecule has 0 aliphatic carbocycles. The van der Waals surface area contributed by atoms with Gasteiger partial charge in [-0.1, -0.05) is 96.1 Å². The van der Waals surface area contributed by atoms with E-state index in [1.807, 2.05) is 24.3 Å². The summed E-state index contributed by atoms with van der Waals surface area (Å²) in [6, 6.07) is 36.4. The topological polar surface area (TPSA) is 57.9 Å². The molecule has 274 valence electrons. The second-order valence-corrected chi connectivity index (χ2v) is 19.0. The fourth-order valence-corrected chi connectivity index (χ4v) is 10.9. The van der Waals surface area contributed by atoms with E-state index in [2.05, 4.69) is 120 Å². The largest absolute Gasteiger partial charge is 0.457 e. The van der Waals surface area contributed by atoms with Gasteiger partial charge in [0.2, 0.25) is 0 Å². The Morgan fingerprint density at radius 1 is 0.456 bits per heavy atom. The van der Waals surface area contributed by atoms with Crippen molar-refractivity contribution in [1.82, 2.24) is 0 Å². The Morgan fingerprint density at radius 2 is 0.982 bits per heavy atom. The lowest BCUT2D eigenvalue weighted by Crippen LogP contribution is -2.57. The van der Waals surface area contributed by atoms with E-state index in [1.165, 1.54) is 26.6 Å². The van der Waals surface area contributed by atoms with Crippen molar-refractivity contribution in [1.29, 1.82) is 0 Å². The molecule has 0 N–H and O–H groups in total. The minimum Gasteiger partial charge on any atom is -0.457 e. The number of benzene rings is 7. The van der Waals surface area contributed by atoms with Crippen LogP contribution in [-0.4, -0.2) is 6.71 Å². The molecule has 0 saturated heterocycles. The highest BCUT2D eigenvalue weighted by Gasteiger charge is 2.47. The van der Waals surface area contributed by atoms with Crippen LogP contribution in [0.4, 0.5) is 0 Å². The Labute approximate surface area is 331 Å². The lowest BCUT2D eigenvalue weighted by atomic mass is 9.34. The van der Waals surface area contributed by atoms with Crippen molar-refractivity contribution < 1.29 is 22.7 Å². The zero-order chi connectivity index (χ0) is 38.3. The first-order chi connectivity index (χ1) is 27.5. The third-order valence-corrected chi connectivity index (χ3v) is 13.7. The van der Waals surface area contributed by atoms with Crippen molar-refractivity contribution in [3.05, 3.63) is 114 Å². The summed E-state index contributed by atoms with van der Waals surface area (Å²) < 4.78 is 37.6. The number of furan rings is 3. The molecule has 6 heterocycles. The summed E-state index contributed by atoms with van der Waals surface area (Å²) in [6.45, 7) is 13.2. The Morgan fingerprint density at radius 3 is 1.65 bits per heavy atom. The predicted octanol–water partition coefficient (Wildman–Crippen LogP) is 13.1. The molecule has 5 nitrogen and oxygen atoms in total. The van der Waals surface area contributed by atoms with E-state index in [0.717, 1.165) is 98.6 Å². The van der Waals surface area contributed by atoms with Gasteiger partial charge in [0.05, 0.1) is 4.70 Å². The molecule has 0 amide bonds. The average molecular weight is 759 g/mol. The van der Waals surface area contributed by atoms with Gasteiger partial charge in [-0.05, 0) is 70.5 Å². The SMILES string of the molecule is CC(C)(C)c1ccc2oc3c4c(c5oc6ccccc6c5c3c2c1)B1c2c(cccc2Oc2c1c1oc3ccccc3c1c1c2sc2ccc(C(C)(C)C)cc21)O4. The summed E-state index contributed by atoms with van der Waals surface area (Å²) in [5.41, 5.74) is 10.1. The van der Waals surface area contributed by atoms with Gasteiger partial charge in [-0.15, -0.1) is 11.3 Å². The lowest BCUT2D eigenvalue weighted by Gasteiger charge is -2.33. The minimum atomic E-state index is -0.350. The van der Waals surface area contributed by atoms with E-state index in [4.69, 9.17) is 22.7 Å². The van der Waals surface area contributed by atoms with E-state index >= 15 is 0 Å². The smallest absolute Gasteiger partial charge is 0.270 e.